The van der Waals surface area contributed by atoms with Crippen molar-refractivity contribution in [2.75, 3.05) is 11.9 Å². The van der Waals surface area contributed by atoms with Crippen molar-refractivity contribution in [1.29, 1.82) is 5.26 Å². The molecule has 1 saturated heterocycles. The van der Waals surface area contributed by atoms with E-state index in [0.29, 0.717) is 28.7 Å². The monoisotopic (exact) mass is 477 g/mol. The fourth-order valence-corrected chi connectivity index (χ4v) is 6.01. The number of benzene rings is 2. The lowest BCUT2D eigenvalue weighted by atomic mass is 9.74. The summed E-state index contributed by atoms with van der Waals surface area (Å²) < 4.78 is 0. The van der Waals surface area contributed by atoms with E-state index < -0.39 is 0 Å². The summed E-state index contributed by atoms with van der Waals surface area (Å²) in [5, 5.41) is 12.9. The number of amides is 2. The highest BCUT2D eigenvalue weighted by atomic mass is 35.5. The van der Waals surface area contributed by atoms with Gasteiger partial charge in [0.05, 0.1) is 17.2 Å². The SMILES string of the molecule is Cc1cccc(C)c1C(=O)N1CCCC(C(=O)Nc2cc(Cl)ccc2C#N)[C@@H]1C1CCCCC1. The lowest BCUT2D eigenvalue weighted by Crippen LogP contribution is -2.55. The van der Waals surface area contributed by atoms with Crippen molar-refractivity contribution < 1.29 is 9.59 Å². The van der Waals surface area contributed by atoms with Crippen molar-refractivity contribution >= 4 is 29.1 Å². The summed E-state index contributed by atoms with van der Waals surface area (Å²) in [6.45, 7) is 4.62. The molecule has 0 aromatic heterocycles. The maximum atomic E-state index is 13.9. The Balaban J connectivity index is 1.67. The van der Waals surface area contributed by atoms with E-state index in [1.165, 1.54) is 6.42 Å². The average Bonchev–Trinajstić information content (AvgIpc) is 2.84. The number of nitrogens with one attached hydrogen (secondary N) is 1. The molecule has 1 aliphatic heterocycles. The number of anilines is 1. The molecule has 2 aromatic carbocycles. The number of halogens is 1. The van der Waals surface area contributed by atoms with Crippen LogP contribution in [0.4, 0.5) is 5.69 Å². The molecule has 0 bridgehead atoms. The Morgan fingerprint density at radius 2 is 1.74 bits per heavy atom. The minimum atomic E-state index is -0.323. The van der Waals surface area contributed by atoms with Crippen molar-refractivity contribution in [3.05, 3.63) is 63.7 Å². The van der Waals surface area contributed by atoms with Crippen LogP contribution in [0.2, 0.25) is 5.02 Å². The fraction of sp³-hybridized carbons (Fsp3) is 0.464. The number of likely N-dealkylation sites (tertiary alicyclic amines) is 1. The second-order valence-corrected chi connectivity index (χ2v) is 10.1. The predicted molar refractivity (Wildman–Crippen MR) is 135 cm³/mol. The van der Waals surface area contributed by atoms with Crippen LogP contribution in [-0.4, -0.2) is 29.3 Å². The molecule has 2 atom stereocenters. The smallest absolute Gasteiger partial charge is 0.254 e. The molecule has 2 amide bonds. The second kappa shape index (κ2) is 10.6. The Hall–Kier alpha value is -2.84. The number of rotatable bonds is 4. The van der Waals surface area contributed by atoms with Gasteiger partial charge in [-0.2, -0.15) is 5.26 Å². The molecular weight excluding hydrogens is 446 g/mol. The Kier molecular flexibility index (Phi) is 7.58. The minimum absolute atomic E-state index is 0.0316. The maximum absolute atomic E-state index is 13.9. The number of aryl methyl sites for hydroxylation is 2. The normalized spacial score (nSPS) is 21.1. The zero-order valence-corrected chi connectivity index (χ0v) is 20.7. The van der Waals surface area contributed by atoms with E-state index in [-0.39, 0.29) is 23.8 Å². The van der Waals surface area contributed by atoms with E-state index in [2.05, 4.69) is 11.4 Å². The van der Waals surface area contributed by atoms with Gasteiger partial charge in [-0.25, -0.2) is 0 Å². The number of hydrogen-bond donors (Lipinski definition) is 1. The van der Waals surface area contributed by atoms with Crippen LogP contribution in [0.3, 0.4) is 0 Å². The molecule has 2 aliphatic rings. The molecule has 4 rings (SSSR count). The molecule has 1 unspecified atom stereocenters. The molecule has 2 fully saturated rings. The van der Waals surface area contributed by atoms with Crippen LogP contribution in [0.1, 0.15) is 72.0 Å². The number of hydrogen-bond acceptors (Lipinski definition) is 3. The van der Waals surface area contributed by atoms with Gasteiger partial charge >= 0.3 is 0 Å². The fourth-order valence-electron chi connectivity index (χ4n) is 5.84. The van der Waals surface area contributed by atoms with Crippen LogP contribution in [0.5, 0.6) is 0 Å². The average molecular weight is 478 g/mol. The first-order valence-corrected chi connectivity index (χ1v) is 12.7. The summed E-state index contributed by atoms with van der Waals surface area (Å²) in [6, 6.07) is 12.8. The number of piperidine rings is 1. The van der Waals surface area contributed by atoms with Gasteiger partial charge < -0.3 is 10.2 Å². The summed E-state index contributed by atoms with van der Waals surface area (Å²) in [5.41, 5.74) is 3.51. The topological polar surface area (TPSA) is 73.2 Å². The molecule has 2 aromatic rings. The molecule has 1 N–H and O–H groups in total. The Labute approximate surface area is 207 Å². The van der Waals surface area contributed by atoms with Gasteiger partial charge in [-0.3, -0.25) is 9.59 Å². The zero-order valence-electron chi connectivity index (χ0n) is 19.9. The zero-order chi connectivity index (χ0) is 24.2. The molecule has 34 heavy (non-hydrogen) atoms. The van der Waals surface area contributed by atoms with Crippen LogP contribution in [0.15, 0.2) is 36.4 Å². The number of carbonyl (C=O) groups excluding carboxylic acids is 2. The molecule has 0 radical (unpaired) electrons. The highest BCUT2D eigenvalue weighted by Crippen LogP contribution is 2.39. The number of nitriles is 1. The first kappa shape index (κ1) is 24.3. The largest absolute Gasteiger partial charge is 0.335 e. The first-order chi connectivity index (χ1) is 16.4. The Morgan fingerprint density at radius 1 is 1.03 bits per heavy atom. The van der Waals surface area contributed by atoms with Gasteiger partial charge in [-0.1, -0.05) is 49.1 Å². The molecule has 1 heterocycles. The lowest BCUT2D eigenvalue weighted by Gasteiger charge is -2.46. The third kappa shape index (κ3) is 4.98. The van der Waals surface area contributed by atoms with Crippen molar-refractivity contribution in [1.82, 2.24) is 4.90 Å². The molecule has 1 saturated carbocycles. The van der Waals surface area contributed by atoms with Crippen molar-refractivity contribution in [3.63, 3.8) is 0 Å². The van der Waals surface area contributed by atoms with E-state index >= 15 is 0 Å². The van der Waals surface area contributed by atoms with E-state index in [1.54, 1.807) is 18.2 Å². The van der Waals surface area contributed by atoms with Crippen LogP contribution < -0.4 is 5.32 Å². The van der Waals surface area contributed by atoms with Crippen molar-refractivity contribution in [3.8, 4) is 6.07 Å². The van der Waals surface area contributed by atoms with Gasteiger partial charge in [0.25, 0.3) is 5.91 Å². The van der Waals surface area contributed by atoms with Gasteiger partial charge in [-0.15, -0.1) is 0 Å². The van der Waals surface area contributed by atoms with Crippen LogP contribution in [0.25, 0.3) is 0 Å². The highest BCUT2D eigenvalue weighted by Gasteiger charge is 2.43. The van der Waals surface area contributed by atoms with E-state index in [4.69, 9.17) is 11.6 Å². The molecular formula is C28H32ClN3O2. The van der Waals surface area contributed by atoms with Gasteiger partial charge in [0, 0.05) is 23.2 Å². The van der Waals surface area contributed by atoms with Gasteiger partial charge in [0.1, 0.15) is 6.07 Å². The predicted octanol–water partition coefficient (Wildman–Crippen LogP) is 6.27. The lowest BCUT2D eigenvalue weighted by molar-refractivity contribution is -0.124. The molecule has 6 heteroatoms. The Bertz CT molecular complexity index is 1100. The van der Waals surface area contributed by atoms with Gasteiger partial charge in [0.15, 0.2) is 0 Å². The summed E-state index contributed by atoms with van der Waals surface area (Å²) in [4.78, 5) is 29.5. The van der Waals surface area contributed by atoms with Crippen LogP contribution in [0, 0.1) is 37.0 Å². The summed E-state index contributed by atoms with van der Waals surface area (Å²) in [5.74, 6) is -0.124. The number of nitrogens with zero attached hydrogens (tertiary/aromatic N) is 2. The van der Waals surface area contributed by atoms with Gasteiger partial charge in [-0.05, 0) is 74.8 Å². The third-order valence-corrected chi connectivity index (χ3v) is 7.71. The maximum Gasteiger partial charge on any atom is 0.254 e. The minimum Gasteiger partial charge on any atom is -0.335 e. The van der Waals surface area contributed by atoms with E-state index in [9.17, 15) is 14.9 Å². The van der Waals surface area contributed by atoms with E-state index in [0.717, 1.165) is 55.2 Å². The summed E-state index contributed by atoms with van der Waals surface area (Å²) in [6.07, 6.45) is 7.04. The molecule has 1 aliphatic carbocycles. The first-order valence-electron chi connectivity index (χ1n) is 12.3. The summed E-state index contributed by atoms with van der Waals surface area (Å²) >= 11 is 6.14. The second-order valence-electron chi connectivity index (χ2n) is 9.69. The third-order valence-electron chi connectivity index (χ3n) is 7.47. The van der Waals surface area contributed by atoms with Gasteiger partial charge in [0.2, 0.25) is 5.91 Å². The Morgan fingerprint density at radius 3 is 2.41 bits per heavy atom. The van der Waals surface area contributed by atoms with Crippen molar-refractivity contribution in [2.45, 2.75) is 64.8 Å². The quantitative estimate of drug-likeness (QED) is 0.564. The summed E-state index contributed by atoms with van der Waals surface area (Å²) in [7, 11) is 0. The van der Waals surface area contributed by atoms with Crippen molar-refractivity contribution in [2.24, 2.45) is 11.8 Å². The highest BCUT2D eigenvalue weighted by molar-refractivity contribution is 6.31. The van der Waals surface area contributed by atoms with E-state index in [1.807, 2.05) is 36.9 Å². The molecule has 0 spiro atoms. The molecule has 178 valence electrons. The van der Waals surface area contributed by atoms with Crippen LogP contribution in [-0.2, 0) is 4.79 Å². The number of carbonyl (C=O) groups is 2. The molecule has 5 nitrogen and oxygen atoms in total. The van der Waals surface area contributed by atoms with Crippen LogP contribution >= 0.6 is 11.6 Å². The standard InChI is InChI=1S/C28H32ClN3O2/c1-18-8-6-9-19(2)25(18)28(34)32-15-7-12-23(26(32)20-10-4-3-5-11-20)27(33)31-24-16-22(29)14-13-21(24)17-30/h6,8-9,13-14,16,20,23,26H,3-5,7,10-12,15H2,1-2H3,(H,31,33)/t23?,26-/m0/s1.